The van der Waals surface area contributed by atoms with Crippen LogP contribution in [0.25, 0.3) is 16.3 Å². The molecule has 0 aliphatic rings. The van der Waals surface area contributed by atoms with Gasteiger partial charge in [-0.15, -0.1) is 11.3 Å². The summed E-state index contributed by atoms with van der Waals surface area (Å²) in [7, 11) is 0. The Kier molecular flexibility index (Phi) is 3.25. The second-order valence-corrected chi connectivity index (χ2v) is 6.25. The highest BCUT2D eigenvalue weighted by Gasteiger charge is 2.09. The molecule has 21 heavy (non-hydrogen) atoms. The lowest BCUT2D eigenvalue weighted by Gasteiger charge is -1.99. The van der Waals surface area contributed by atoms with Gasteiger partial charge in [-0.25, -0.2) is 9.97 Å². The third kappa shape index (κ3) is 2.48. The Bertz CT molecular complexity index is 864. The summed E-state index contributed by atoms with van der Waals surface area (Å²) in [5.41, 5.74) is 2.15. The Morgan fingerprint density at radius 3 is 3.14 bits per heavy atom. The van der Waals surface area contributed by atoms with Crippen molar-refractivity contribution in [3.05, 3.63) is 60.1 Å². The van der Waals surface area contributed by atoms with Gasteiger partial charge in [-0.2, -0.15) is 0 Å². The third-order valence-electron chi connectivity index (χ3n) is 3.04. The van der Waals surface area contributed by atoms with Crippen LogP contribution in [-0.2, 0) is 5.75 Å². The third-order valence-corrected chi connectivity index (χ3v) is 4.94. The van der Waals surface area contributed by atoms with E-state index in [1.54, 1.807) is 29.4 Å². The average Bonchev–Trinajstić information content (AvgIpc) is 3.25. The SMILES string of the molecule is c1coc(-c2nc(CSc3ncc4ccccn34)cs2)c1. The zero-order chi connectivity index (χ0) is 14.1. The smallest absolute Gasteiger partial charge is 0.172 e. The van der Waals surface area contributed by atoms with E-state index in [9.17, 15) is 0 Å². The molecule has 4 rings (SSSR count). The number of nitrogens with zero attached hydrogens (tertiary/aromatic N) is 3. The predicted octanol–water partition coefficient (Wildman–Crippen LogP) is 4.34. The summed E-state index contributed by atoms with van der Waals surface area (Å²) in [6.45, 7) is 0. The van der Waals surface area contributed by atoms with Crippen LogP contribution in [0.4, 0.5) is 0 Å². The molecule has 0 aromatic carbocycles. The Morgan fingerprint density at radius 1 is 1.24 bits per heavy atom. The van der Waals surface area contributed by atoms with Crippen molar-refractivity contribution in [3.8, 4) is 10.8 Å². The number of pyridine rings is 1. The first-order chi connectivity index (χ1) is 10.4. The first kappa shape index (κ1) is 12.7. The van der Waals surface area contributed by atoms with Crippen molar-refractivity contribution in [2.24, 2.45) is 0 Å². The fourth-order valence-electron chi connectivity index (χ4n) is 2.05. The molecule has 104 valence electrons. The summed E-state index contributed by atoms with van der Waals surface area (Å²) < 4.78 is 7.45. The van der Waals surface area contributed by atoms with Gasteiger partial charge in [0.1, 0.15) is 0 Å². The maximum atomic E-state index is 5.37. The lowest BCUT2D eigenvalue weighted by Crippen LogP contribution is -1.87. The summed E-state index contributed by atoms with van der Waals surface area (Å²) in [5.74, 6) is 1.62. The number of thioether (sulfide) groups is 1. The number of imidazole rings is 1. The summed E-state index contributed by atoms with van der Waals surface area (Å²) in [6.07, 6.45) is 5.58. The molecule has 0 fully saturated rings. The first-order valence-electron chi connectivity index (χ1n) is 6.43. The lowest BCUT2D eigenvalue weighted by atomic mass is 10.4. The molecular formula is C15H11N3OS2. The summed E-state index contributed by atoms with van der Waals surface area (Å²) in [6, 6.07) is 9.88. The van der Waals surface area contributed by atoms with Gasteiger partial charge < -0.3 is 4.42 Å². The molecule has 4 aromatic heterocycles. The molecule has 0 saturated carbocycles. The minimum Gasteiger partial charge on any atom is -0.462 e. The number of furan rings is 1. The molecule has 0 bridgehead atoms. The van der Waals surface area contributed by atoms with Crippen molar-refractivity contribution in [2.45, 2.75) is 10.9 Å². The highest BCUT2D eigenvalue weighted by Crippen LogP contribution is 2.28. The Hall–Kier alpha value is -2.05. The molecule has 0 amide bonds. The molecular weight excluding hydrogens is 302 g/mol. The van der Waals surface area contributed by atoms with Gasteiger partial charge in [0.15, 0.2) is 15.9 Å². The topological polar surface area (TPSA) is 43.3 Å². The zero-order valence-electron chi connectivity index (χ0n) is 11.0. The molecule has 0 spiro atoms. The quantitative estimate of drug-likeness (QED) is 0.526. The minimum absolute atomic E-state index is 0.797. The maximum Gasteiger partial charge on any atom is 0.172 e. The van der Waals surface area contributed by atoms with Gasteiger partial charge in [0.2, 0.25) is 0 Å². The van der Waals surface area contributed by atoms with Gasteiger partial charge in [-0.1, -0.05) is 17.8 Å². The zero-order valence-corrected chi connectivity index (χ0v) is 12.6. The van der Waals surface area contributed by atoms with E-state index in [4.69, 9.17) is 4.42 Å². The fraction of sp³-hybridized carbons (Fsp3) is 0.0667. The molecule has 0 unspecified atom stereocenters. The Morgan fingerprint density at radius 2 is 2.24 bits per heavy atom. The van der Waals surface area contributed by atoms with E-state index in [-0.39, 0.29) is 0 Å². The molecule has 0 radical (unpaired) electrons. The van der Waals surface area contributed by atoms with Crippen LogP contribution in [0.15, 0.2) is 63.9 Å². The number of fused-ring (bicyclic) bond motifs is 1. The van der Waals surface area contributed by atoms with Crippen LogP contribution < -0.4 is 0 Å². The predicted molar refractivity (Wildman–Crippen MR) is 84.6 cm³/mol. The molecule has 4 nitrogen and oxygen atoms in total. The van der Waals surface area contributed by atoms with Crippen molar-refractivity contribution in [3.63, 3.8) is 0 Å². The summed E-state index contributed by atoms with van der Waals surface area (Å²) in [5, 5.41) is 3.97. The van der Waals surface area contributed by atoms with Gasteiger partial charge in [-0.3, -0.25) is 4.40 Å². The van der Waals surface area contributed by atoms with Gasteiger partial charge >= 0.3 is 0 Å². The van der Waals surface area contributed by atoms with Gasteiger partial charge in [-0.05, 0) is 24.3 Å². The van der Waals surface area contributed by atoms with E-state index in [0.29, 0.717) is 0 Å². The molecule has 0 saturated heterocycles. The normalized spacial score (nSPS) is 11.2. The van der Waals surface area contributed by atoms with Crippen molar-refractivity contribution in [1.29, 1.82) is 0 Å². The Labute approximate surface area is 129 Å². The van der Waals surface area contributed by atoms with Crippen LogP contribution in [0.1, 0.15) is 5.69 Å². The van der Waals surface area contributed by atoms with Crippen molar-refractivity contribution in [1.82, 2.24) is 14.4 Å². The molecule has 0 atom stereocenters. The van der Waals surface area contributed by atoms with E-state index < -0.39 is 0 Å². The highest BCUT2D eigenvalue weighted by atomic mass is 32.2. The molecule has 0 N–H and O–H groups in total. The molecule has 0 aliphatic heterocycles. The number of thiazole rings is 1. The van der Waals surface area contributed by atoms with Crippen LogP contribution in [0.3, 0.4) is 0 Å². The maximum absolute atomic E-state index is 5.37. The van der Waals surface area contributed by atoms with Crippen molar-refractivity contribution < 1.29 is 4.42 Å². The molecule has 0 aliphatic carbocycles. The van der Waals surface area contributed by atoms with E-state index in [0.717, 1.165) is 32.9 Å². The molecule has 4 aromatic rings. The first-order valence-corrected chi connectivity index (χ1v) is 8.30. The van der Waals surface area contributed by atoms with Crippen LogP contribution in [-0.4, -0.2) is 14.4 Å². The average molecular weight is 313 g/mol. The fourth-order valence-corrected chi connectivity index (χ4v) is 3.80. The largest absolute Gasteiger partial charge is 0.462 e. The monoisotopic (exact) mass is 313 g/mol. The molecule has 6 heteroatoms. The van der Waals surface area contributed by atoms with Crippen LogP contribution >= 0.6 is 23.1 Å². The van der Waals surface area contributed by atoms with Gasteiger partial charge in [0.05, 0.1) is 23.7 Å². The van der Waals surface area contributed by atoms with Crippen molar-refractivity contribution >= 4 is 28.6 Å². The number of hydrogen-bond acceptors (Lipinski definition) is 5. The number of aromatic nitrogens is 3. The van der Waals surface area contributed by atoms with E-state index >= 15 is 0 Å². The number of hydrogen-bond donors (Lipinski definition) is 0. The second kappa shape index (κ2) is 5.38. The number of rotatable bonds is 4. The van der Waals surface area contributed by atoms with Crippen LogP contribution in [0, 0.1) is 0 Å². The summed E-state index contributed by atoms with van der Waals surface area (Å²) in [4.78, 5) is 9.05. The summed E-state index contributed by atoms with van der Waals surface area (Å²) >= 11 is 3.29. The standard InChI is InChI=1S/C15H11N3OS2/c1-2-6-18-12(4-1)8-16-15(18)21-10-11-9-20-14(17-11)13-5-3-7-19-13/h1-9H,10H2. The van der Waals surface area contributed by atoms with Gasteiger partial charge in [0.25, 0.3) is 0 Å². The van der Waals surface area contributed by atoms with E-state index in [2.05, 4.69) is 25.8 Å². The molecule has 4 heterocycles. The van der Waals surface area contributed by atoms with Crippen LogP contribution in [0.2, 0.25) is 0 Å². The lowest BCUT2D eigenvalue weighted by molar-refractivity contribution is 0.581. The second-order valence-electron chi connectivity index (χ2n) is 4.45. The minimum atomic E-state index is 0.797. The highest BCUT2D eigenvalue weighted by molar-refractivity contribution is 7.98. The van der Waals surface area contributed by atoms with Gasteiger partial charge in [0, 0.05) is 17.3 Å². The van der Waals surface area contributed by atoms with Crippen molar-refractivity contribution in [2.75, 3.05) is 0 Å². The van der Waals surface area contributed by atoms with E-state index in [1.807, 2.05) is 36.7 Å². The van der Waals surface area contributed by atoms with Crippen LogP contribution in [0.5, 0.6) is 0 Å². The van der Waals surface area contributed by atoms with E-state index in [1.165, 1.54) is 0 Å². The Balaban J connectivity index is 1.52.